The fourth-order valence-corrected chi connectivity index (χ4v) is 3.43. The van der Waals surface area contributed by atoms with Gasteiger partial charge < -0.3 is 5.73 Å². The minimum absolute atomic E-state index is 0.683. The highest BCUT2D eigenvalue weighted by Crippen LogP contribution is 2.43. The van der Waals surface area contributed by atoms with Gasteiger partial charge in [-0.2, -0.15) is 0 Å². The third kappa shape index (κ3) is 2.98. The first-order chi connectivity index (χ1) is 9.26. The number of thiazole rings is 1. The Morgan fingerprint density at radius 1 is 1.21 bits per heavy atom. The molecule has 1 fully saturated rings. The van der Waals surface area contributed by atoms with Crippen molar-refractivity contribution in [1.82, 2.24) is 4.98 Å². The molecule has 0 spiro atoms. The molecule has 0 amide bonds. The van der Waals surface area contributed by atoms with Gasteiger partial charge in [-0.3, -0.25) is 0 Å². The van der Waals surface area contributed by atoms with Gasteiger partial charge in [0.2, 0.25) is 0 Å². The second-order valence-corrected chi connectivity index (χ2v) is 6.49. The molecule has 0 radical (unpaired) electrons. The lowest BCUT2D eigenvalue weighted by atomic mass is 10.0. The van der Waals surface area contributed by atoms with Gasteiger partial charge in [-0.1, -0.05) is 37.6 Å². The van der Waals surface area contributed by atoms with E-state index in [1.165, 1.54) is 47.4 Å². The smallest absolute Gasteiger partial charge is 0.180 e. The molecule has 2 nitrogen and oxygen atoms in total. The predicted octanol–water partition coefficient (Wildman–Crippen LogP) is 4.15. The van der Waals surface area contributed by atoms with Gasteiger partial charge in [0, 0.05) is 17.2 Å². The molecule has 1 aromatic carbocycles. The highest BCUT2D eigenvalue weighted by molar-refractivity contribution is 7.15. The summed E-state index contributed by atoms with van der Waals surface area (Å²) in [4.78, 5) is 5.88. The number of hydrogen-bond acceptors (Lipinski definition) is 3. The van der Waals surface area contributed by atoms with Gasteiger partial charge in [0.1, 0.15) is 0 Å². The van der Waals surface area contributed by atoms with E-state index in [9.17, 15) is 0 Å². The van der Waals surface area contributed by atoms with Gasteiger partial charge in [-0.05, 0) is 30.4 Å². The van der Waals surface area contributed by atoms with Crippen LogP contribution in [0.15, 0.2) is 24.3 Å². The van der Waals surface area contributed by atoms with Gasteiger partial charge in [-0.15, -0.1) is 11.3 Å². The SMILES string of the molecule is CCCc1ccc(Cc2sc(N)nc2C2CC2)cc1. The normalized spacial score (nSPS) is 14.8. The van der Waals surface area contributed by atoms with Crippen molar-refractivity contribution < 1.29 is 0 Å². The predicted molar refractivity (Wildman–Crippen MR) is 81.7 cm³/mol. The van der Waals surface area contributed by atoms with Crippen molar-refractivity contribution in [3.63, 3.8) is 0 Å². The maximum absolute atomic E-state index is 5.87. The number of rotatable bonds is 5. The van der Waals surface area contributed by atoms with E-state index in [0.29, 0.717) is 5.92 Å². The van der Waals surface area contributed by atoms with E-state index in [0.717, 1.165) is 11.6 Å². The molecule has 1 aliphatic rings. The summed E-state index contributed by atoms with van der Waals surface area (Å²) >= 11 is 1.66. The molecule has 2 N–H and O–H groups in total. The van der Waals surface area contributed by atoms with Gasteiger partial charge in [0.15, 0.2) is 5.13 Å². The number of nitrogen functional groups attached to an aromatic ring is 1. The number of benzene rings is 1. The first kappa shape index (κ1) is 12.7. The van der Waals surface area contributed by atoms with Crippen LogP contribution in [0.2, 0.25) is 0 Å². The van der Waals surface area contributed by atoms with Crippen LogP contribution in [0.5, 0.6) is 0 Å². The second-order valence-electron chi connectivity index (χ2n) is 5.38. The zero-order valence-corrected chi connectivity index (χ0v) is 12.2. The highest BCUT2D eigenvalue weighted by atomic mass is 32.1. The van der Waals surface area contributed by atoms with Gasteiger partial charge in [0.05, 0.1) is 5.69 Å². The Balaban J connectivity index is 1.77. The number of aromatic nitrogens is 1. The van der Waals surface area contributed by atoms with Crippen LogP contribution in [0, 0.1) is 0 Å². The largest absolute Gasteiger partial charge is 0.375 e. The molecule has 0 saturated heterocycles. The summed E-state index contributed by atoms with van der Waals surface area (Å²) in [6, 6.07) is 9.00. The average Bonchev–Trinajstić information content (AvgIpc) is 3.17. The Kier molecular flexibility index (Phi) is 3.56. The third-order valence-corrected chi connectivity index (χ3v) is 4.53. The molecule has 0 bridgehead atoms. The van der Waals surface area contributed by atoms with Crippen LogP contribution in [0.25, 0.3) is 0 Å². The summed E-state index contributed by atoms with van der Waals surface area (Å²) in [5.74, 6) is 0.683. The highest BCUT2D eigenvalue weighted by Gasteiger charge is 2.29. The first-order valence-corrected chi connectivity index (χ1v) is 7.90. The van der Waals surface area contributed by atoms with Crippen LogP contribution in [0.1, 0.15) is 53.8 Å². The Labute approximate surface area is 118 Å². The molecule has 0 atom stereocenters. The minimum Gasteiger partial charge on any atom is -0.375 e. The van der Waals surface area contributed by atoms with E-state index in [1.807, 2.05) is 0 Å². The van der Waals surface area contributed by atoms with Crippen molar-refractivity contribution in [1.29, 1.82) is 0 Å². The fourth-order valence-electron chi connectivity index (χ4n) is 2.48. The lowest BCUT2D eigenvalue weighted by Gasteiger charge is -2.03. The van der Waals surface area contributed by atoms with Crippen molar-refractivity contribution in [2.24, 2.45) is 0 Å². The second kappa shape index (κ2) is 5.33. The third-order valence-electron chi connectivity index (χ3n) is 3.63. The van der Waals surface area contributed by atoms with E-state index >= 15 is 0 Å². The molecule has 3 rings (SSSR count). The van der Waals surface area contributed by atoms with Crippen molar-refractivity contribution in [3.05, 3.63) is 46.0 Å². The summed E-state index contributed by atoms with van der Waals surface area (Å²) in [5, 5.41) is 0.722. The van der Waals surface area contributed by atoms with Crippen LogP contribution in [0.3, 0.4) is 0 Å². The molecule has 100 valence electrons. The zero-order chi connectivity index (χ0) is 13.2. The number of aryl methyl sites for hydroxylation is 1. The fraction of sp³-hybridized carbons (Fsp3) is 0.438. The van der Waals surface area contributed by atoms with Crippen LogP contribution in [-0.2, 0) is 12.8 Å². The summed E-state index contributed by atoms with van der Waals surface area (Å²) < 4.78 is 0. The monoisotopic (exact) mass is 272 g/mol. The van der Waals surface area contributed by atoms with Crippen molar-refractivity contribution in [3.8, 4) is 0 Å². The molecule has 1 saturated carbocycles. The van der Waals surface area contributed by atoms with Crippen LogP contribution < -0.4 is 5.73 Å². The van der Waals surface area contributed by atoms with Crippen molar-refractivity contribution in [2.75, 3.05) is 5.73 Å². The summed E-state index contributed by atoms with van der Waals surface area (Å²) in [6.07, 6.45) is 5.92. The van der Waals surface area contributed by atoms with Crippen molar-refractivity contribution in [2.45, 2.75) is 44.9 Å². The standard InChI is InChI=1S/C16H20N2S/c1-2-3-11-4-6-12(7-5-11)10-14-15(13-8-9-13)18-16(17)19-14/h4-7,13H,2-3,8-10H2,1H3,(H2,17,18). The van der Waals surface area contributed by atoms with Crippen molar-refractivity contribution >= 4 is 16.5 Å². The van der Waals surface area contributed by atoms with Crippen LogP contribution >= 0.6 is 11.3 Å². The first-order valence-electron chi connectivity index (χ1n) is 7.09. The van der Waals surface area contributed by atoms with E-state index in [-0.39, 0.29) is 0 Å². The van der Waals surface area contributed by atoms with Crippen LogP contribution in [0.4, 0.5) is 5.13 Å². The van der Waals surface area contributed by atoms with Crippen LogP contribution in [-0.4, -0.2) is 4.98 Å². The lowest BCUT2D eigenvalue weighted by Crippen LogP contribution is -1.92. The average molecular weight is 272 g/mol. The Hall–Kier alpha value is -1.35. The number of nitrogens with two attached hydrogens (primary N) is 1. The Morgan fingerprint density at radius 2 is 1.89 bits per heavy atom. The molecule has 1 heterocycles. The van der Waals surface area contributed by atoms with E-state index in [2.05, 4.69) is 36.2 Å². The molecule has 1 aromatic heterocycles. The van der Waals surface area contributed by atoms with E-state index < -0.39 is 0 Å². The summed E-state index contributed by atoms with van der Waals surface area (Å²) in [5.41, 5.74) is 9.93. The Morgan fingerprint density at radius 3 is 2.53 bits per heavy atom. The number of anilines is 1. The summed E-state index contributed by atoms with van der Waals surface area (Å²) in [7, 11) is 0. The maximum atomic E-state index is 5.87. The summed E-state index contributed by atoms with van der Waals surface area (Å²) in [6.45, 7) is 2.22. The number of hydrogen-bond donors (Lipinski definition) is 1. The van der Waals surface area contributed by atoms with Gasteiger partial charge >= 0.3 is 0 Å². The molecule has 0 unspecified atom stereocenters. The van der Waals surface area contributed by atoms with Gasteiger partial charge in [0.25, 0.3) is 0 Å². The van der Waals surface area contributed by atoms with Gasteiger partial charge in [-0.25, -0.2) is 4.98 Å². The Bertz CT molecular complexity index is 553. The molecule has 3 heteroatoms. The minimum atomic E-state index is 0.683. The maximum Gasteiger partial charge on any atom is 0.180 e. The number of nitrogens with zero attached hydrogens (tertiary/aromatic N) is 1. The molecular formula is C16H20N2S. The molecule has 2 aromatic rings. The van der Waals surface area contributed by atoms with E-state index in [4.69, 9.17) is 5.73 Å². The molecule has 0 aliphatic heterocycles. The topological polar surface area (TPSA) is 38.9 Å². The van der Waals surface area contributed by atoms with E-state index in [1.54, 1.807) is 11.3 Å². The quantitative estimate of drug-likeness (QED) is 0.888. The molecular weight excluding hydrogens is 252 g/mol. The molecule has 1 aliphatic carbocycles. The zero-order valence-electron chi connectivity index (χ0n) is 11.4. The lowest BCUT2D eigenvalue weighted by molar-refractivity contribution is 0.920. The molecule has 19 heavy (non-hydrogen) atoms.